The number of hydrogen-bond donors (Lipinski definition) is 2. The number of nitrogens with one attached hydrogen (secondary N) is 1. The second kappa shape index (κ2) is 4.68. The minimum Gasteiger partial charge on any atom is -0.324 e. The van der Waals surface area contributed by atoms with Crippen LogP contribution in [0.2, 0.25) is 0 Å². The van der Waals surface area contributed by atoms with Gasteiger partial charge in [-0.25, -0.2) is 5.26 Å². The lowest BCUT2D eigenvalue weighted by molar-refractivity contribution is -0.158. The van der Waals surface area contributed by atoms with E-state index in [1.165, 1.54) is 0 Å². The third kappa shape index (κ3) is 2.66. The summed E-state index contributed by atoms with van der Waals surface area (Å²) in [6.45, 7) is 4.00. The molecule has 3 nitrogen and oxygen atoms in total. The van der Waals surface area contributed by atoms with Gasteiger partial charge in [0.05, 0.1) is 4.83 Å². The summed E-state index contributed by atoms with van der Waals surface area (Å²) in [5.41, 5.74) is 0. The molecule has 0 fully saturated rings. The summed E-state index contributed by atoms with van der Waals surface area (Å²) in [7, 11) is 0. The van der Waals surface area contributed by atoms with E-state index in [-0.39, 0.29) is 10.7 Å². The Morgan fingerprint density at radius 2 is 2.30 bits per heavy atom. The van der Waals surface area contributed by atoms with Crippen LogP contribution in [-0.2, 0) is 4.89 Å². The van der Waals surface area contributed by atoms with Gasteiger partial charge in [0, 0.05) is 0 Å². The van der Waals surface area contributed by atoms with E-state index < -0.39 is 0 Å². The number of rotatable bonds is 3. The van der Waals surface area contributed by atoms with Crippen LogP contribution in [0.15, 0.2) is 0 Å². The summed E-state index contributed by atoms with van der Waals surface area (Å²) in [6, 6.07) is 0. The molecule has 0 aliphatic heterocycles. The summed E-state index contributed by atoms with van der Waals surface area (Å²) < 4.78 is 0. The summed E-state index contributed by atoms with van der Waals surface area (Å²) in [5.74, 6) is 0.175. The molecule has 0 saturated heterocycles. The lowest BCUT2D eigenvalue weighted by Gasteiger charge is -2.13. The zero-order valence-corrected chi connectivity index (χ0v) is 7.68. The molecule has 2 atom stereocenters. The van der Waals surface area contributed by atoms with Gasteiger partial charge in [-0.15, -0.1) is 0 Å². The zero-order chi connectivity index (χ0) is 8.15. The van der Waals surface area contributed by atoms with Gasteiger partial charge in [-0.3, -0.25) is 5.41 Å². The SMILES string of the molecule is CCC(C)[C@H](Br)C(=N)OO. The first-order chi connectivity index (χ1) is 4.63. The average Bonchev–Trinajstić information content (AvgIpc) is 2.00. The first-order valence-corrected chi connectivity index (χ1v) is 4.09. The third-order valence-corrected chi connectivity index (χ3v) is 2.81. The number of alkyl halides is 1. The molecule has 0 rings (SSSR count). The fourth-order valence-electron chi connectivity index (χ4n) is 0.516. The van der Waals surface area contributed by atoms with Gasteiger partial charge in [-0.2, -0.15) is 0 Å². The van der Waals surface area contributed by atoms with Crippen LogP contribution in [-0.4, -0.2) is 16.0 Å². The molecule has 0 aromatic carbocycles. The van der Waals surface area contributed by atoms with Gasteiger partial charge < -0.3 is 4.89 Å². The van der Waals surface area contributed by atoms with E-state index in [0.29, 0.717) is 5.92 Å². The van der Waals surface area contributed by atoms with Gasteiger partial charge >= 0.3 is 0 Å². The molecule has 1 unspecified atom stereocenters. The van der Waals surface area contributed by atoms with Crippen LogP contribution >= 0.6 is 15.9 Å². The Balaban J connectivity index is 3.81. The van der Waals surface area contributed by atoms with Crippen LogP contribution < -0.4 is 0 Å². The fraction of sp³-hybridized carbons (Fsp3) is 0.833. The van der Waals surface area contributed by atoms with Crippen molar-refractivity contribution in [2.24, 2.45) is 5.92 Å². The maximum Gasteiger partial charge on any atom is 0.238 e. The van der Waals surface area contributed by atoms with Crippen molar-refractivity contribution in [1.82, 2.24) is 0 Å². The lowest BCUT2D eigenvalue weighted by atomic mass is 10.1. The first-order valence-electron chi connectivity index (χ1n) is 3.17. The summed E-state index contributed by atoms with van der Waals surface area (Å²) in [6.07, 6.45) is 0.946. The Labute approximate surface area is 69.0 Å². The van der Waals surface area contributed by atoms with Crippen molar-refractivity contribution in [3.63, 3.8) is 0 Å². The Morgan fingerprint density at radius 1 is 1.80 bits per heavy atom. The Morgan fingerprint density at radius 3 is 2.60 bits per heavy atom. The normalized spacial score (nSPS) is 16.0. The molecule has 0 aromatic rings. The lowest BCUT2D eigenvalue weighted by Crippen LogP contribution is -2.22. The van der Waals surface area contributed by atoms with Gasteiger partial charge in [-0.1, -0.05) is 36.2 Å². The topological polar surface area (TPSA) is 53.3 Å². The smallest absolute Gasteiger partial charge is 0.238 e. The van der Waals surface area contributed by atoms with Crippen molar-refractivity contribution in [2.75, 3.05) is 0 Å². The fourth-order valence-corrected chi connectivity index (χ4v) is 0.973. The van der Waals surface area contributed by atoms with Crippen molar-refractivity contribution in [3.8, 4) is 0 Å². The van der Waals surface area contributed by atoms with E-state index in [2.05, 4.69) is 20.8 Å². The number of hydrogen-bond acceptors (Lipinski definition) is 3. The van der Waals surface area contributed by atoms with Crippen LogP contribution in [0.25, 0.3) is 0 Å². The zero-order valence-electron chi connectivity index (χ0n) is 6.10. The summed E-state index contributed by atoms with van der Waals surface area (Å²) >= 11 is 3.22. The molecule has 2 N–H and O–H groups in total. The molecular weight excluding hydrogens is 198 g/mol. The van der Waals surface area contributed by atoms with E-state index in [1.807, 2.05) is 13.8 Å². The third-order valence-electron chi connectivity index (χ3n) is 1.49. The molecule has 60 valence electrons. The molecule has 0 aliphatic rings. The molecule has 4 heteroatoms. The molecule has 0 heterocycles. The highest BCUT2D eigenvalue weighted by molar-refractivity contribution is 9.10. The molecule has 10 heavy (non-hydrogen) atoms. The molecule has 0 radical (unpaired) electrons. The van der Waals surface area contributed by atoms with Crippen molar-refractivity contribution >= 4 is 21.8 Å². The quantitative estimate of drug-likeness (QED) is 0.247. The van der Waals surface area contributed by atoms with E-state index in [1.54, 1.807) is 0 Å². The molecule has 0 saturated carbocycles. The first kappa shape index (κ1) is 9.91. The van der Waals surface area contributed by atoms with Crippen LogP contribution in [0.1, 0.15) is 20.3 Å². The molecule has 0 spiro atoms. The van der Waals surface area contributed by atoms with Gasteiger partial charge in [0.25, 0.3) is 0 Å². The van der Waals surface area contributed by atoms with Gasteiger partial charge in [-0.05, 0) is 5.92 Å². The minimum absolute atomic E-state index is 0.130. The standard InChI is InChI=1S/C6H12BrNO2/c1-3-4(2)5(7)6(8)10-9/h4-5,8-9H,3H2,1-2H3/t4?,5-/m0/s1. The minimum atomic E-state index is -0.178. The van der Waals surface area contributed by atoms with Crippen LogP contribution in [0.4, 0.5) is 0 Å². The second-order valence-corrected chi connectivity index (χ2v) is 3.23. The van der Waals surface area contributed by atoms with Crippen LogP contribution in [0, 0.1) is 11.3 Å². The van der Waals surface area contributed by atoms with E-state index in [9.17, 15) is 0 Å². The van der Waals surface area contributed by atoms with Crippen molar-refractivity contribution in [3.05, 3.63) is 0 Å². The Kier molecular flexibility index (Phi) is 4.64. The maximum absolute atomic E-state index is 8.10. The average molecular weight is 210 g/mol. The predicted octanol–water partition coefficient (Wildman–Crippen LogP) is 2.26. The summed E-state index contributed by atoms with van der Waals surface area (Å²) in [4.78, 5) is 3.59. The summed E-state index contributed by atoms with van der Waals surface area (Å²) in [5, 5.41) is 15.2. The van der Waals surface area contributed by atoms with Gasteiger partial charge in [0.1, 0.15) is 0 Å². The van der Waals surface area contributed by atoms with Crippen LogP contribution in [0.3, 0.4) is 0 Å². The highest BCUT2D eigenvalue weighted by Crippen LogP contribution is 2.16. The monoisotopic (exact) mass is 209 g/mol. The highest BCUT2D eigenvalue weighted by Gasteiger charge is 2.18. The molecule has 0 aromatic heterocycles. The largest absolute Gasteiger partial charge is 0.324 e. The van der Waals surface area contributed by atoms with E-state index >= 15 is 0 Å². The highest BCUT2D eigenvalue weighted by atomic mass is 79.9. The second-order valence-electron chi connectivity index (χ2n) is 2.24. The van der Waals surface area contributed by atoms with Crippen molar-refractivity contribution in [1.29, 1.82) is 5.41 Å². The maximum atomic E-state index is 8.10. The Hall–Kier alpha value is -0.0900. The van der Waals surface area contributed by atoms with Gasteiger partial charge in [0.15, 0.2) is 0 Å². The molecule has 0 bridgehead atoms. The predicted molar refractivity (Wildman–Crippen MR) is 43.6 cm³/mol. The molecule has 0 aliphatic carbocycles. The van der Waals surface area contributed by atoms with Gasteiger partial charge in [0.2, 0.25) is 5.90 Å². The van der Waals surface area contributed by atoms with Crippen molar-refractivity contribution < 1.29 is 10.1 Å². The number of halogens is 1. The molecule has 0 amide bonds. The Bertz CT molecular complexity index is 118. The van der Waals surface area contributed by atoms with E-state index in [4.69, 9.17) is 10.7 Å². The van der Waals surface area contributed by atoms with Crippen molar-refractivity contribution in [2.45, 2.75) is 25.1 Å². The van der Waals surface area contributed by atoms with E-state index in [0.717, 1.165) is 6.42 Å². The molecular formula is C6H12BrNO2. The van der Waals surface area contributed by atoms with Crippen LogP contribution in [0.5, 0.6) is 0 Å².